The van der Waals surface area contributed by atoms with Crippen LogP contribution in [-0.4, -0.2) is 20.6 Å². The number of rotatable bonds is 2. The predicted molar refractivity (Wildman–Crippen MR) is 55.1 cm³/mol. The number of nitrogens with one attached hydrogen (secondary N) is 1. The minimum absolute atomic E-state index is 0.588. The normalized spacial score (nSPS) is 11.2. The minimum Gasteiger partial charge on any atom is -0.177 e. The first-order valence-corrected chi connectivity index (χ1v) is 5.17. The molecule has 0 radical (unpaired) electrons. The molecule has 13 heavy (non-hydrogen) atoms. The van der Waals surface area contributed by atoms with Gasteiger partial charge >= 0.3 is 0 Å². The van der Waals surface area contributed by atoms with Gasteiger partial charge in [-0.2, -0.15) is 5.21 Å². The zero-order chi connectivity index (χ0) is 9.10. The molecule has 0 amide bonds. The maximum absolute atomic E-state index is 3.80. The molecule has 2 heterocycles. The number of nitrogens with zero attached hydrogens (tertiary/aromatic N) is 3. The van der Waals surface area contributed by atoms with Crippen molar-refractivity contribution in [1.29, 1.82) is 0 Å². The number of thiophene rings is 1. The van der Waals surface area contributed by atoms with E-state index in [-0.39, 0.29) is 0 Å². The number of aromatic amines is 1. The van der Waals surface area contributed by atoms with Gasteiger partial charge in [0, 0.05) is 14.7 Å². The monoisotopic (exact) mass is 256 g/mol. The van der Waals surface area contributed by atoms with Gasteiger partial charge in [-0.1, -0.05) is 0 Å². The van der Waals surface area contributed by atoms with Crippen LogP contribution in [0, 0.1) is 0 Å². The third-order valence-corrected chi connectivity index (χ3v) is 3.00. The first-order chi connectivity index (χ1) is 6.34. The van der Waals surface area contributed by atoms with Crippen molar-refractivity contribution < 1.29 is 0 Å². The summed E-state index contributed by atoms with van der Waals surface area (Å²) in [5.74, 6) is 0.588. The SMILES string of the molecule is Brc1csc(/C=C/c2nn[nH]n2)c1. The largest absolute Gasteiger partial charge is 0.197 e. The highest BCUT2D eigenvalue weighted by Crippen LogP contribution is 2.21. The van der Waals surface area contributed by atoms with Gasteiger partial charge in [-0.25, -0.2) is 0 Å². The molecule has 66 valence electrons. The zero-order valence-corrected chi connectivity index (χ0v) is 8.84. The van der Waals surface area contributed by atoms with E-state index < -0.39 is 0 Å². The summed E-state index contributed by atoms with van der Waals surface area (Å²) >= 11 is 5.03. The lowest BCUT2D eigenvalue weighted by Gasteiger charge is -1.79. The van der Waals surface area contributed by atoms with Crippen molar-refractivity contribution in [3.8, 4) is 0 Å². The molecule has 2 aromatic rings. The van der Waals surface area contributed by atoms with Crippen LogP contribution in [0.4, 0.5) is 0 Å². The molecular formula is C7H5BrN4S. The second-order valence-electron chi connectivity index (χ2n) is 2.27. The predicted octanol–water partition coefficient (Wildman–Crippen LogP) is 2.19. The molecule has 1 N–H and O–H groups in total. The Morgan fingerprint density at radius 2 is 2.38 bits per heavy atom. The fraction of sp³-hybridized carbons (Fsp3) is 0. The molecule has 0 bridgehead atoms. The highest BCUT2D eigenvalue weighted by Gasteiger charge is 1.94. The van der Waals surface area contributed by atoms with Crippen LogP contribution in [0.15, 0.2) is 15.9 Å². The van der Waals surface area contributed by atoms with Gasteiger partial charge in [0.2, 0.25) is 0 Å². The van der Waals surface area contributed by atoms with Crippen LogP contribution in [0.25, 0.3) is 12.2 Å². The second kappa shape index (κ2) is 3.80. The van der Waals surface area contributed by atoms with Crippen molar-refractivity contribution in [2.45, 2.75) is 0 Å². The van der Waals surface area contributed by atoms with Crippen LogP contribution in [0.5, 0.6) is 0 Å². The molecule has 0 atom stereocenters. The van der Waals surface area contributed by atoms with Crippen LogP contribution in [0.3, 0.4) is 0 Å². The first-order valence-electron chi connectivity index (χ1n) is 3.50. The molecule has 0 fully saturated rings. The fourth-order valence-corrected chi connectivity index (χ4v) is 2.15. The maximum Gasteiger partial charge on any atom is 0.197 e. The fourth-order valence-electron chi connectivity index (χ4n) is 0.812. The molecule has 2 aromatic heterocycles. The van der Waals surface area contributed by atoms with E-state index in [9.17, 15) is 0 Å². The van der Waals surface area contributed by atoms with Crippen LogP contribution < -0.4 is 0 Å². The molecule has 0 aromatic carbocycles. The van der Waals surface area contributed by atoms with Crippen LogP contribution in [0.2, 0.25) is 0 Å². The summed E-state index contributed by atoms with van der Waals surface area (Å²) in [6.45, 7) is 0. The summed E-state index contributed by atoms with van der Waals surface area (Å²) in [6.07, 6.45) is 3.75. The zero-order valence-electron chi connectivity index (χ0n) is 6.44. The third-order valence-electron chi connectivity index (χ3n) is 1.35. The number of tetrazole rings is 1. The second-order valence-corrected chi connectivity index (χ2v) is 4.13. The highest BCUT2D eigenvalue weighted by atomic mass is 79.9. The Hall–Kier alpha value is -1.01. The molecule has 0 unspecified atom stereocenters. The van der Waals surface area contributed by atoms with Gasteiger partial charge < -0.3 is 0 Å². The molecule has 0 saturated carbocycles. The lowest BCUT2D eigenvalue weighted by atomic mass is 10.4. The van der Waals surface area contributed by atoms with Crippen LogP contribution >= 0.6 is 27.3 Å². The third kappa shape index (κ3) is 2.22. The Morgan fingerprint density at radius 1 is 1.46 bits per heavy atom. The van der Waals surface area contributed by atoms with E-state index in [0.29, 0.717) is 5.82 Å². The van der Waals surface area contributed by atoms with Crippen LogP contribution in [0.1, 0.15) is 10.7 Å². The summed E-state index contributed by atoms with van der Waals surface area (Å²) in [7, 11) is 0. The van der Waals surface area contributed by atoms with E-state index in [4.69, 9.17) is 0 Å². The highest BCUT2D eigenvalue weighted by molar-refractivity contribution is 9.10. The number of halogens is 1. The van der Waals surface area contributed by atoms with E-state index in [1.807, 2.05) is 23.6 Å². The maximum atomic E-state index is 3.80. The Kier molecular flexibility index (Phi) is 2.51. The summed E-state index contributed by atoms with van der Waals surface area (Å²) in [5.41, 5.74) is 0. The van der Waals surface area contributed by atoms with Gasteiger partial charge in [-0.05, 0) is 39.4 Å². The smallest absolute Gasteiger partial charge is 0.177 e. The van der Waals surface area contributed by atoms with Gasteiger partial charge in [-0.15, -0.1) is 21.5 Å². The molecular weight excluding hydrogens is 252 g/mol. The van der Waals surface area contributed by atoms with Crippen molar-refractivity contribution in [3.05, 3.63) is 26.6 Å². The molecule has 0 saturated heterocycles. The first kappa shape index (κ1) is 8.58. The molecule has 2 rings (SSSR count). The summed E-state index contributed by atoms with van der Waals surface area (Å²) < 4.78 is 1.09. The Morgan fingerprint density at radius 3 is 3.00 bits per heavy atom. The summed E-state index contributed by atoms with van der Waals surface area (Å²) in [5, 5.41) is 15.4. The van der Waals surface area contributed by atoms with Crippen molar-refractivity contribution in [2.75, 3.05) is 0 Å². The minimum atomic E-state index is 0.588. The molecule has 6 heteroatoms. The van der Waals surface area contributed by atoms with E-state index in [2.05, 4.69) is 36.6 Å². The lowest BCUT2D eigenvalue weighted by molar-refractivity contribution is 0.881. The van der Waals surface area contributed by atoms with Gasteiger partial charge in [0.05, 0.1) is 0 Å². The number of H-pyrrole nitrogens is 1. The number of hydrogen-bond donors (Lipinski definition) is 1. The number of aromatic nitrogens is 4. The molecule has 4 nitrogen and oxygen atoms in total. The van der Waals surface area contributed by atoms with Gasteiger partial charge in [0.25, 0.3) is 0 Å². The Balaban J connectivity index is 2.14. The van der Waals surface area contributed by atoms with E-state index >= 15 is 0 Å². The lowest BCUT2D eigenvalue weighted by Crippen LogP contribution is -1.73. The molecule has 0 aliphatic rings. The van der Waals surface area contributed by atoms with Crippen LogP contribution in [-0.2, 0) is 0 Å². The van der Waals surface area contributed by atoms with E-state index in [1.54, 1.807) is 11.3 Å². The van der Waals surface area contributed by atoms with E-state index in [0.717, 1.165) is 9.35 Å². The molecule has 0 spiro atoms. The van der Waals surface area contributed by atoms with Crippen molar-refractivity contribution in [1.82, 2.24) is 20.6 Å². The van der Waals surface area contributed by atoms with Gasteiger partial charge in [-0.3, -0.25) is 0 Å². The van der Waals surface area contributed by atoms with Gasteiger partial charge in [0.1, 0.15) is 0 Å². The quantitative estimate of drug-likeness (QED) is 0.897. The molecule has 0 aliphatic heterocycles. The average Bonchev–Trinajstić information content (AvgIpc) is 2.71. The van der Waals surface area contributed by atoms with Crippen molar-refractivity contribution in [2.24, 2.45) is 0 Å². The van der Waals surface area contributed by atoms with E-state index in [1.165, 1.54) is 0 Å². The van der Waals surface area contributed by atoms with Crippen molar-refractivity contribution in [3.63, 3.8) is 0 Å². The van der Waals surface area contributed by atoms with Crippen molar-refractivity contribution >= 4 is 39.4 Å². The topological polar surface area (TPSA) is 54.5 Å². The Bertz CT molecular complexity index is 406. The van der Waals surface area contributed by atoms with Gasteiger partial charge in [0.15, 0.2) is 5.82 Å². The summed E-state index contributed by atoms with van der Waals surface area (Å²) in [6, 6.07) is 2.03. The standard InChI is InChI=1S/C7H5BrN4S/c8-5-3-6(13-4-5)1-2-7-9-11-12-10-7/h1-4H,(H,9,10,11,12)/b2-1+. The number of hydrogen-bond acceptors (Lipinski definition) is 4. The summed E-state index contributed by atoms with van der Waals surface area (Å²) in [4.78, 5) is 1.15. The average molecular weight is 257 g/mol. The Labute approximate surface area is 86.8 Å². The molecule has 0 aliphatic carbocycles.